The van der Waals surface area contributed by atoms with Gasteiger partial charge in [0.1, 0.15) is 0 Å². The molecule has 3 N–H and O–H groups in total. The number of carbonyl (C=O) groups is 1. The van der Waals surface area contributed by atoms with Crippen LogP contribution < -0.4 is 11.1 Å². The van der Waals surface area contributed by atoms with Crippen molar-refractivity contribution in [2.75, 3.05) is 0 Å². The number of para-hydroxylation sites is 1. The monoisotopic (exact) mass is 287 g/mol. The molecule has 5 heteroatoms. The van der Waals surface area contributed by atoms with E-state index < -0.39 is 5.92 Å². The topological polar surface area (TPSA) is 68.0 Å². The van der Waals surface area contributed by atoms with Crippen LogP contribution in [0.1, 0.15) is 18.9 Å². The second-order valence-corrected chi connectivity index (χ2v) is 5.04. The number of aromatic nitrogens is 1. The molecule has 1 unspecified atom stereocenters. The maximum absolute atomic E-state index is 12.0. The second kappa shape index (κ2) is 6.43. The Bertz CT molecular complexity index is 637. The molecular weight excluding hydrogens is 270 g/mol. The van der Waals surface area contributed by atoms with E-state index in [1.807, 2.05) is 37.3 Å². The molecule has 0 spiro atoms. The molecule has 0 saturated heterocycles. The van der Waals surface area contributed by atoms with E-state index in [2.05, 4.69) is 10.3 Å². The lowest BCUT2D eigenvalue weighted by atomic mass is 10.1. The summed E-state index contributed by atoms with van der Waals surface area (Å²) in [6.07, 6.45) is 2.35. The molecule has 1 aromatic carbocycles. The van der Waals surface area contributed by atoms with E-state index in [1.165, 1.54) is 0 Å². The van der Waals surface area contributed by atoms with Crippen LogP contribution in [0.25, 0.3) is 10.9 Å². The molecule has 0 aliphatic heterocycles. The summed E-state index contributed by atoms with van der Waals surface area (Å²) >= 11 is 4.90. The van der Waals surface area contributed by atoms with Gasteiger partial charge in [-0.05, 0) is 18.1 Å². The van der Waals surface area contributed by atoms with Gasteiger partial charge in [-0.2, -0.15) is 0 Å². The lowest BCUT2D eigenvalue weighted by Crippen LogP contribution is -2.37. The minimum absolute atomic E-state index is 0.132. The van der Waals surface area contributed by atoms with Crippen molar-refractivity contribution in [2.24, 2.45) is 11.7 Å². The first kappa shape index (κ1) is 14.4. The Balaban J connectivity index is 2.13. The predicted molar refractivity (Wildman–Crippen MR) is 84.2 cm³/mol. The third-order valence-electron chi connectivity index (χ3n) is 3.24. The number of carbonyl (C=O) groups excluding carboxylic acids is 1. The number of rotatable bonds is 5. The van der Waals surface area contributed by atoms with Gasteiger partial charge in [0.2, 0.25) is 5.91 Å². The molecule has 0 radical (unpaired) electrons. The standard InChI is InChI=1S/C15H17N3OS/c1-2-12(14(16)20)15(19)18-9-11-6-3-5-10-7-4-8-17-13(10)11/h3-8,12H,2,9H2,1H3,(H2,16,20)(H,18,19). The van der Waals surface area contributed by atoms with Gasteiger partial charge in [0, 0.05) is 18.1 Å². The molecule has 1 aromatic heterocycles. The summed E-state index contributed by atoms with van der Waals surface area (Å²) in [7, 11) is 0. The number of fused-ring (bicyclic) bond motifs is 1. The first-order chi connectivity index (χ1) is 9.63. The van der Waals surface area contributed by atoms with E-state index in [0.29, 0.717) is 13.0 Å². The molecule has 20 heavy (non-hydrogen) atoms. The molecule has 0 fully saturated rings. The molecule has 1 amide bonds. The van der Waals surface area contributed by atoms with E-state index in [-0.39, 0.29) is 10.9 Å². The molecule has 1 atom stereocenters. The Morgan fingerprint density at radius 3 is 2.85 bits per heavy atom. The van der Waals surface area contributed by atoms with Gasteiger partial charge < -0.3 is 11.1 Å². The molecular formula is C15H17N3OS. The van der Waals surface area contributed by atoms with Gasteiger partial charge in [-0.25, -0.2) is 0 Å². The summed E-state index contributed by atoms with van der Waals surface area (Å²) in [5.41, 5.74) is 7.45. The van der Waals surface area contributed by atoms with Crippen molar-refractivity contribution in [3.8, 4) is 0 Å². The van der Waals surface area contributed by atoms with Crippen molar-refractivity contribution in [3.05, 3.63) is 42.1 Å². The molecule has 0 bridgehead atoms. The SMILES string of the molecule is CCC(C(=O)NCc1cccc2cccnc12)C(N)=S. The van der Waals surface area contributed by atoms with Gasteiger partial charge in [-0.1, -0.05) is 43.4 Å². The number of pyridine rings is 1. The van der Waals surface area contributed by atoms with Gasteiger partial charge in [0.05, 0.1) is 16.4 Å². The molecule has 2 rings (SSSR count). The molecule has 104 valence electrons. The minimum Gasteiger partial charge on any atom is -0.393 e. The highest BCUT2D eigenvalue weighted by atomic mass is 32.1. The van der Waals surface area contributed by atoms with Crippen LogP contribution in [0, 0.1) is 5.92 Å². The van der Waals surface area contributed by atoms with E-state index in [4.69, 9.17) is 18.0 Å². The molecule has 2 aromatic rings. The first-order valence-electron chi connectivity index (χ1n) is 6.53. The smallest absolute Gasteiger partial charge is 0.230 e. The fourth-order valence-electron chi connectivity index (χ4n) is 2.13. The summed E-state index contributed by atoms with van der Waals surface area (Å²) in [5, 5.41) is 3.93. The Morgan fingerprint density at radius 2 is 2.15 bits per heavy atom. The highest BCUT2D eigenvalue weighted by Gasteiger charge is 2.18. The lowest BCUT2D eigenvalue weighted by molar-refractivity contribution is -0.123. The average molecular weight is 287 g/mol. The number of hydrogen-bond acceptors (Lipinski definition) is 3. The van der Waals surface area contributed by atoms with Gasteiger partial charge in [0.25, 0.3) is 0 Å². The average Bonchev–Trinajstić information content (AvgIpc) is 2.45. The molecule has 4 nitrogen and oxygen atoms in total. The highest BCUT2D eigenvalue weighted by molar-refractivity contribution is 7.80. The van der Waals surface area contributed by atoms with Crippen molar-refractivity contribution in [1.29, 1.82) is 0 Å². The minimum atomic E-state index is -0.409. The number of hydrogen-bond donors (Lipinski definition) is 2. The van der Waals surface area contributed by atoms with Gasteiger partial charge in [-0.3, -0.25) is 9.78 Å². The Hall–Kier alpha value is -2.01. The quantitative estimate of drug-likeness (QED) is 0.827. The van der Waals surface area contributed by atoms with Crippen molar-refractivity contribution in [1.82, 2.24) is 10.3 Å². The van der Waals surface area contributed by atoms with Crippen LogP contribution in [0.4, 0.5) is 0 Å². The molecule has 0 saturated carbocycles. The zero-order valence-electron chi connectivity index (χ0n) is 11.3. The number of amides is 1. The van der Waals surface area contributed by atoms with Crippen LogP contribution in [-0.4, -0.2) is 15.9 Å². The van der Waals surface area contributed by atoms with Crippen LogP contribution in [0.15, 0.2) is 36.5 Å². The fraction of sp³-hybridized carbons (Fsp3) is 0.267. The Morgan fingerprint density at radius 1 is 1.40 bits per heavy atom. The third-order valence-corrected chi connectivity index (χ3v) is 3.52. The summed E-state index contributed by atoms with van der Waals surface area (Å²) in [6.45, 7) is 2.31. The Kier molecular flexibility index (Phi) is 4.63. The van der Waals surface area contributed by atoms with Crippen molar-refractivity contribution < 1.29 is 4.79 Å². The summed E-state index contributed by atoms with van der Waals surface area (Å²) < 4.78 is 0. The summed E-state index contributed by atoms with van der Waals surface area (Å²) in [6, 6.07) is 9.80. The van der Waals surface area contributed by atoms with E-state index in [1.54, 1.807) is 6.20 Å². The number of nitrogens with one attached hydrogen (secondary N) is 1. The van der Waals surface area contributed by atoms with Crippen LogP contribution in [0.3, 0.4) is 0 Å². The molecule has 1 heterocycles. The number of nitrogens with two attached hydrogens (primary N) is 1. The highest BCUT2D eigenvalue weighted by Crippen LogP contribution is 2.15. The van der Waals surface area contributed by atoms with Gasteiger partial charge in [-0.15, -0.1) is 0 Å². The zero-order chi connectivity index (χ0) is 14.5. The van der Waals surface area contributed by atoms with Crippen molar-refractivity contribution in [3.63, 3.8) is 0 Å². The van der Waals surface area contributed by atoms with Gasteiger partial charge in [0.15, 0.2) is 0 Å². The summed E-state index contributed by atoms with van der Waals surface area (Å²) in [4.78, 5) is 16.6. The van der Waals surface area contributed by atoms with Crippen LogP contribution in [0.5, 0.6) is 0 Å². The molecule has 0 aliphatic carbocycles. The number of benzene rings is 1. The maximum Gasteiger partial charge on any atom is 0.230 e. The van der Waals surface area contributed by atoms with Gasteiger partial charge >= 0.3 is 0 Å². The summed E-state index contributed by atoms with van der Waals surface area (Å²) in [5.74, 6) is -0.541. The Labute approximate surface area is 123 Å². The predicted octanol–water partition coefficient (Wildman–Crippen LogP) is 2.16. The number of nitrogens with zero attached hydrogens (tertiary/aromatic N) is 1. The first-order valence-corrected chi connectivity index (χ1v) is 6.94. The normalized spacial score (nSPS) is 12.1. The lowest BCUT2D eigenvalue weighted by Gasteiger charge is -2.14. The van der Waals surface area contributed by atoms with Crippen LogP contribution in [-0.2, 0) is 11.3 Å². The van der Waals surface area contributed by atoms with E-state index in [0.717, 1.165) is 16.5 Å². The molecule has 0 aliphatic rings. The largest absolute Gasteiger partial charge is 0.393 e. The zero-order valence-corrected chi connectivity index (χ0v) is 12.1. The van der Waals surface area contributed by atoms with Crippen molar-refractivity contribution in [2.45, 2.75) is 19.9 Å². The maximum atomic E-state index is 12.0. The second-order valence-electron chi connectivity index (χ2n) is 4.57. The van der Waals surface area contributed by atoms with E-state index >= 15 is 0 Å². The van der Waals surface area contributed by atoms with Crippen molar-refractivity contribution >= 4 is 34.0 Å². The number of thiocarbonyl (C=S) groups is 1. The third kappa shape index (κ3) is 3.11. The fourth-order valence-corrected chi connectivity index (χ4v) is 2.41. The van der Waals surface area contributed by atoms with Crippen LogP contribution in [0.2, 0.25) is 0 Å². The van der Waals surface area contributed by atoms with Crippen LogP contribution >= 0.6 is 12.2 Å². The van der Waals surface area contributed by atoms with E-state index in [9.17, 15) is 4.79 Å².